The van der Waals surface area contributed by atoms with E-state index in [-0.39, 0.29) is 11.2 Å². The van der Waals surface area contributed by atoms with E-state index in [4.69, 9.17) is 0 Å². The molecule has 0 aliphatic heterocycles. The van der Waals surface area contributed by atoms with Crippen molar-refractivity contribution in [3.8, 4) is 11.4 Å². The fourth-order valence-corrected chi connectivity index (χ4v) is 3.80. The molecule has 4 heteroatoms. The Morgan fingerprint density at radius 3 is 2.20 bits per heavy atom. The Balaban J connectivity index is 2.16. The molecule has 1 aromatic heterocycles. The number of hydrogen-bond acceptors (Lipinski definition) is 3. The molecular formula is C21H27N3O. The Labute approximate surface area is 149 Å². The summed E-state index contributed by atoms with van der Waals surface area (Å²) in [6.07, 6.45) is 1.97. The Morgan fingerprint density at radius 2 is 1.68 bits per heavy atom. The van der Waals surface area contributed by atoms with Crippen molar-refractivity contribution in [3.63, 3.8) is 0 Å². The van der Waals surface area contributed by atoms with Gasteiger partial charge in [-0.05, 0) is 59.6 Å². The molecule has 3 rings (SSSR count). The molecule has 0 atom stereocenters. The summed E-state index contributed by atoms with van der Waals surface area (Å²) < 4.78 is 0. The van der Waals surface area contributed by atoms with Crippen molar-refractivity contribution in [2.45, 2.75) is 52.9 Å². The molecule has 1 heterocycles. The van der Waals surface area contributed by atoms with Crippen LogP contribution in [0.5, 0.6) is 5.75 Å². The van der Waals surface area contributed by atoms with Crippen molar-refractivity contribution < 1.29 is 5.11 Å². The molecule has 0 bridgehead atoms. The van der Waals surface area contributed by atoms with Crippen LogP contribution in [0.1, 0.15) is 52.2 Å². The molecule has 3 aromatic rings. The minimum Gasteiger partial charge on any atom is -0.506 e. The summed E-state index contributed by atoms with van der Waals surface area (Å²) in [6.45, 7) is 11.2. The molecular weight excluding hydrogens is 310 g/mol. The molecule has 0 radical (unpaired) electrons. The zero-order chi connectivity index (χ0) is 18.2. The average molecular weight is 337 g/mol. The van der Waals surface area contributed by atoms with Gasteiger partial charge in [-0.3, -0.25) is 0 Å². The number of rotatable bonds is 5. The molecule has 0 saturated carbocycles. The lowest BCUT2D eigenvalue weighted by molar-refractivity contribution is 0.395. The first-order chi connectivity index (χ1) is 11.8. The third-order valence-electron chi connectivity index (χ3n) is 4.73. The number of aromatic nitrogens is 3. The average Bonchev–Trinajstić information content (AvgIpc) is 2.96. The predicted molar refractivity (Wildman–Crippen MR) is 102 cm³/mol. The zero-order valence-electron chi connectivity index (χ0n) is 15.7. The number of hydrogen-bond donors (Lipinski definition) is 1. The lowest BCUT2D eigenvalue weighted by Gasteiger charge is -2.30. The standard InChI is InChI=1S/C21H27N3O/c1-6-15-11-20(25)19(12-16(15)21(4,5)13-14(2)3)24-22-17-9-7-8-10-18(17)23-24/h7-12,14,25H,6,13H2,1-5H3. The highest BCUT2D eigenvalue weighted by Crippen LogP contribution is 2.37. The lowest BCUT2D eigenvalue weighted by atomic mass is 9.75. The van der Waals surface area contributed by atoms with Gasteiger partial charge in [-0.2, -0.15) is 0 Å². The smallest absolute Gasteiger partial charge is 0.143 e. The zero-order valence-corrected chi connectivity index (χ0v) is 15.7. The van der Waals surface area contributed by atoms with Gasteiger partial charge in [0.05, 0.1) is 0 Å². The van der Waals surface area contributed by atoms with Crippen LogP contribution in [0.15, 0.2) is 36.4 Å². The fraction of sp³-hybridized carbons (Fsp3) is 0.429. The van der Waals surface area contributed by atoms with Gasteiger partial charge in [-0.15, -0.1) is 15.0 Å². The Morgan fingerprint density at radius 1 is 1.08 bits per heavy atom. The molecule has 1 N–H and O–H groups in total. The van der Waals surface area contributed by atoms with E-state index in [2.05, 4.69) is 50.9 Å². The normalized spacial score (nSPS) is 12.2. The van der Waals surface area contributed by atoms with Gasteiger partial charge in [-0.25, -0.2) is 0 Å². The molecule has 0 spiro atoms. The van der Waals surface area contributed by atoms with E-state index in [1.807, 2.05) is 30.3 Å². The Bertz CT molecular complexity index is 860. The second-order valence-electron chi connectivity index (χ2n) is 7.81. The molecule has 4 nitrogen and oxygen atoms in total. The van der Waals surface area contributed by atoms with E-state index < -0.39 is 0 Å². The minimum absolute atomic E-state index is 0.0224. The number of aromatic hydroxyl groups is 1. The highest BCUT2D eigenvalue weighted by Gasteiger charge is 2.26. The molecule has 2 aromatic carbocycles. The van der Waals surface area contributed by atoms with Crippen LogP contribution in [0, 0.1) is 5.92 Å². The van der Waals surface area contributed by atoms with Crippen LogP contribution >= 0.6 is 0 Å². The van der Waals surface area contributed by atoms with Gasteiger partial charge in [0.2, 0.25) is 0 Å². The topological polar surface area (TPSA) is 50.9 Å². The number of aryl methyl sites for hydroxylation is 1. The van der Waals surface area contributed by atoms with E-state index >= 15 is 0 Å². The van der Waals surface area contributed by atoms with E-state index in [0.29, 0.717) is 11.6 Å². The second-order valence-corrected chi connectivity index (χ2v) is 7.81. The molecule has 0 aliphatic rings. The van der Waals surface area contributed by atoms with Gasteiger partial charge in [0.1, 0.15) is 22.5 Å². The molecule has 0 aliphatic carbocycles. The van der Waals surface area contributed by atoms with Crippen molar-refractivity contribution in [2.24, 2.45) is 5.92 Å². The molecule has 0 unspecified atom stereocenters. The largest absolute Gasteiger partial charge is 0.506 e. The summed E-state index contributed by atoms with van der Waals surface area (Å²) in [6, 6.07) is 11.7. The van der Waals surface area contributed by atoms with Crippen LogP contribution in [-0.4, -0.2) is 20.1 Å². The number of fused-ring (bicyclic) bond motifs is 1. The first kappa shape index (κ1) is 17.5. The van der Waals surface area contributed by atoms with E-state index in [9.17, 15) is 5.11 Å². The highest BCUT2D eigenvalue weighted by atomic mass is 16.3. The first-order valence-corrected chi connectivity index (χ1v) is 9.00. The summed E-state index contributed by atoms with van der Waals surface area (Å²) in [7, 11) is 0. The van der Waals surface area contributed by atoms with Crippen molar-refractivity contribution in [2.75, 3.05) is 0 Å². The number of phenolic OH excluding ortho intramolecular Hbond substituents is 1. The highest BCUT2D eigenvalue weighted by molar-refractivity contribution is 5.73. The van der Waals surface area contributed by atoms with Crippen molar-refractivity contribution in [1.29, 1.82) is 0 Å². The summed E-state index contributed by atoms with van der Waals surface area (Å²) in [4.78, 5) is 1.55. The number of nitrogens with zero attached hydrogens (tertiary/aromatic N) is 3. The van der Waals surface area contributed by atoms with Crippen molar-refractivity contribution in [1.82, 2.24) is 15.0 Å². The van der Waals surface area contributed by atoms with E-state index in [1.54, 1.807) is 4.80 Å². The number of benzene rings is 2. The fourth-order valence-electron chi connectivity index (χ4n) is 3.80. The Hall–Kier alpha value is -2.36. The van der Waals surface area contributed by atoms with Crippen LogP contribution in [0.3, 0.4) is 0 Å². The number of phenols is 1. The van der Waals surface area contributed by atoms with Crippen molar-refractivity contribution >= 4 is 11.0 Å². The van der Waals surface area contributed by atoms with E-state index in [0.717, 1.165) is 23.9 Å². The SMILES string of the molecule is CCc1cc(O)c(-n2nc3ccccc3n2)cc1C(C)(C)CC(C)C. The molecule has 0 amide bonds. The van der Waals surface area contributed by atoms with Gasteiger partial charge < -0.3 is 5.11 Å². The lowest BCUT2D eigenvalue weighted by Crippen LogP contribution is -2.22. The maximum Gasteiger partial charge on any atom is 0.143 e. The predicted octanol–water partition coefficient (Wildman–Crippen LogP) is 5.01. The summed E-state index contributed by atoms with van der Waals surface area (Å²) in [5, 5.41) is 19.6. The molecule has 132 valence electrons. The van der Waals surface area contributed by atoms with Crippen LogP contribution in [0.4, 0.5) is 0 Å². The van der Waals surface area contributed by atoms with Gasteiger partial charge >= 0.3 is 0 Å². The van der Waals surface area contributed by atoms with E-state index in [1.165, 1.54) is 11.1 Å². The van der Waals surface area contributed by atoms with Crippen LogP contribution in [0.25, 0.3) is 16.7 Å². The van der Waals surface area contributed by atoms with Gasteiger partial charge in [0.15, 0.2) is 0 Å². The molecule has 25 heavy (non-hydrogen) atoms. The molecule has 0 saturated heterocycles. The summed E-state index contributed by atoms with van der Waals surface area (Å²) in [5.41, 5.74) is 4.75. The Kier molecular flexibility index (Phi) is 4.55. The van der Waals surface area contributed by atoms with Crippen LogP contribution in [0.2, 0.25) is 0 Å². The maximum atomic E-state index is 10.6. The first-order valence-electron chi connectivity index (χ1n) is 9.00. The second kappa shape index (κ2) is 6.51. The monoisotopic (exact) mass is 337 g/mol. The van der Waals surface area contributed by atoms with Crippen LogP contribution in [-0.2, 0) is 11.8 Å². The third-order valence-corrected chi connectivity index (χ3v) is 4.73. The van der Waals surface area contributed by atoms with Crippen LogP contribution < -0.4 is 0 Å². The van der Waals surface area contributed by atoms with Gasteiger partial charge in [0.25, 0.3) is 0 Å². The molecule has 0 fully saturated rings. The quantitative estimate of drug-likeness (QED) is 0.712. The van der Waals surface area contributed by atoms with Gasteiger partial charge in [-0.1, -0.05) is 46.8 Å². The summed E-state index contributed by atoms with van der Waals surface area (Å²) >= 11 is 0. The third kappa shape index (κ3) is 3.39. The maximum absolute atomic E-state index is 10.6. The van der Waals surface area contributed by atoms with Gasteiger partial charge in [0, 0.05) is 0 Å². The van der Waals surface area contributed by atoms with Crippen molar-refractivity contribution in [3.05, 3.63) is 47.5 Å². The minimum atomic E-state index is 0.0224. The summed E-state index contributed by atoms with van der Waals surface area (Å²) in [5.74, 6) is 0.823.